The molecule has 0 bridgehead atoms. The maximum atomic E-state index is 13.4. The number of thiocarbonyl (C=S) groups is 1. The molecule has 0 aliphatic carbocycles. The zero-order chi connectivity index (χ0) is 23.2. The predicted molar refractivity (Wildman–Crippen MR) is 132 cm³/mol. The van der Waals surface area contributed by atoms with Crippen molar-refractivity contribution < 1.29 is 14.3 Å². The van der Waals surface area contributed by atoms with Crippen LogP contribution in [0, 0.1) is 0 Å². The molecule has 1 N–H and O–H groups in total. The summed E-state index contributed by atoms with van der Waals surface area (Å²) in [5, 5.41) is 3.92. The lowest BCUT2D eigenvalue weighted by atomic mass is 10.1. The van der Waals surface area contributed by atoms with E-state index in [1.807, 2.05) is 35.2 Å². The van der Waals surface area contributed by atoms with Crippen LogP contribution in [0.3, 0.4) is 0 Å². The van der Waals surface area contributed by atoms with Gasteiger partial charge in [-0.25, -0.2) is 0 Å². The molecule has 2 aliphatic heterocycles. The second-order valence-electron chi connectivity index (χ2n) is 8.11. The van der Waals surface area contributed by atoms with Crippen molar-refractivity contribution in [3.63, 3.8) is 0 Å². The average molecular weight is 487 g/mol. The molecule has 0 unspecified atom stereocenters. The highest BCUT2D eigenvalue weighted by Gasteiger charge is 2.43. The third-order valence-corrected chi connectivity index (χ3v) is 6.56. The van der Waals surface area contributed by atoms with Crippen LogP contribution in [-0.2, 0) is 20.9 Å². The Labute approximate surface area is 204 Å². The number of hydrogen-bond acceptors (Lipinski definition) is 5. The normalized spacial score (nSPS) is 19.2. The van der Waals surface area contributed by atoms with Crippen LogP contribution in [0.25, 0.3) is 0 Å². The van der Waals surface area contributed by atoms with Gasteiger partial charge >= 0.3 is 0 Å². The minimum atomic E-state index is -0.630. The Morgan fingerprint density at radius 2 is 1.76 bits per heavy atom. The van der Waals surface area contributed by atoms with Gasteiger partial charge in [0.2, 0.25) is 5.91 Å². The quantitative estimate of drug-likeness (QED) is 0.579. The summed E-state index contributed by atoms with van der Waals surface area (Å²) < 4.78 is 5.43. The van der Waals surface area contributed by atoms with E-state index in [4.69, 9.17) is 28.6 Å². The molecule has 4 rings (SSSR count). The van der Waals surface area contributed by atoms with Crippen LogP contribution in [0.4, 0.5) is 5.69 Å². The van der Waals surface area contributed by atoms with Crippen LogP contribution in [-0.4, -0.2) is 77.1 Å². The highest BCUT2D eigenvalue weighted by Crippen LogP contribution is 2.24. The van der Waals surface area contributed by atoms with Crippen molar-refractivity contribution in [2.45, 2.75) is 19.0 Å². The van der Waals surface area contributed by atoms with Crippen LogP contribution in [0.5, 0.6) is 0 Å². The van der Waals surface area contributed by atoms with Crippen LogP contribution >= 0.6 is 23.8 Å². The first-order chi connectivity index (χ1) is 16.0. The number of halogens is 1. The number of carbonyl (C=O) groups excluding carboxylic acids is 2. The fraction of sp³-hybridized carbons (Fsp3) is 0.375. The lowest BCUT2D eigenvalue weighted by molar-refractivity contribution is -0.131. The molecule has 0 aromatic heterocycles. The van der Waals surface area contributed by atoms with E-state index >= 15 is 0 Å². The summed E-state index contributed by atoms with van der Waals surface area (Å²) >= 11 is 11.6. The van der Waals surface area contributed by atoms with E-state index in [0.29, 0.717) is 42.1 Å². The Hall–Kier alpha value is -2.52. The number of nitrogens with one attached hydrogen (secondary N) is 1. The molecule has 174 valence electrons. The highest BCUT2D eigenvalue weighted by molar-refractivity contribution is 7.80. The van der Waals surface area contributed by atoms with Gasteiger partial charge in [0, 0.05) is 36.9 Å². The minimum absolute atomic E-state index is 0.0238. The Balaban J connectivity index is 1.47. The van der Waals surface area contributed by atoms with Gasteiger partial charge in [0.1, 0.15) is 6.04 Å². The molecule has 2 amide bonds. The number of ether oxygens (including phenoxy) is 1. The molecule has 1 atom stereocenters. The molecular formula is C24H27ClN4O3S. The van der Waals surface area contributed by atoms with Crippen LogP contribution in [0.1, 0.15) is 12.0 Å². The Bertz CT molecular complexity index is 983. The van der Waals surface area contributed by atoms with Crippen LogP contribution < -0.4 is 5.32 Å². The van der Waals surface area contributed by atoms with Crippen molar-refractivity contribution >= 4 is 46.4 Å². The Kier molecular flexibility index (Phi) is 7.93. The summed E-state index contributed by atoms with van der Waals surface area (Å²) in [6.07, 6.45) is 0.0238. The van der Waals surface area contributed by atoms with E-state index in [0.717, 1.165) is 25.2 Å². The van der Waals surface area contributed by atoms with Gasteiger partial charge in [-0.15, -0.1) is 0 Å². The van der Waals surface area contributed by atoms with Gasteiger partial charge in [-0.3, -0.25) is 19.4 Å². The number of nitrogens with zero attached hydrogens (tertiary/aromatic N) is 3. The highest BCUT2D eigenvalue weighted by atomic mass is 35.5. The van der Waals surface area contributed by atoms with E-state index in [-0.39, 0.29) is 18.2 Å². The molecule has 2 aromatic carbocycles. The van der Waals surface area contributed by atoms with E-state index < -0.39 is 6.04 Å². The predicted octanol–water partition coefficient (Wildman–Crippen LogP) is 3.00. The topological polar surface area (TPSA) is 65.1 Å². The molecule has 0 spiro atoms. The molecule has 9 heteroatoms. The van der Waals surface area contributed by atoms with E-state index in [9.17, 15) is 9.59 Å². The summed E-state index contributed by atoms with van der Waals surface area (Å²) in [4.78, 5) is 32.0. The maximum absolute atomic E-state index is 13.4. The molecule has 2 aromatic rings. The fourth-order valence-corrected chi connectivity index (χ4v) is 4.55. The average Bonchev–Trinajstić information content (AvgIpc) is 3.04. The van der Waals surface area contributed by atoms with E-state index in [2.05, 4.69) is 10.2 Å². The smallest absolute Gasteiger partial charge is 0.252 e. The van der Waals surface area contributed by atoms with Crippen LogP contribution in [0.15, 0.2) is 54.6 Å². The first-order valence-corrected chi connectivity index (χ1v) is 11.8. The summed E-state index contributed by atoms with van der Waals surface area (Å²) in [6, 6.07) is 16.0. The van der Waals surface area contributed by atoms with Gasteiger partial charge in [0.15, 0.2) is 5.11 Å². The molecule has 2 saturated heterocycles. The van der Waals surface area contributed by atoms with Crippen molar-refractivity contribution in [3.8, 4) is 0 Å². The largest absolute Gasteiger partial charge is 0.379 e. The van der Waals surface area contributed by atoms with Gasteiger partial charge < -0.3 is 15.0 Å². The number of morpholine rings is 1. The molecule has 7 nitrogen and oxygen atoms in total. The first-order valence-electron chi connectivity index (χ1n) is 11.0. The van der Waals surface area contributed by atoms with Crippen LogP contribution in [0.2, 0.25) is 5.02 Å². The van der Waals surface area contributed by atoms with Crippen molar-refractivity contribution in [3.05, 3.63) is 65.2 Å². The van der Waals surface area contributed by atoms with Crippen molar-refractivity contribution in [1.29, 1.82) is 0 Å². The number of carbonyl (C=O) groups is 2. The van der Waals surface area contributed by atoms with Crippen molar-refractivity contribution in [2.75, 3.05) is 44.7 Å². The SMILES string of the molecule is O=C(C[C@@H]1C(=O)N(Cc2ccccc2)C(=S)N1CCN1CCOCC1)Nc1ccc(Cl)cc1. The second-order valence-corrected chi connectivity index (χ2v) is 8.92. The van der Waals surface area contributed by atoms with Gasteiger partial charge in [-0.05, 0) is 42.0 Å². The summed E-state index contributed by atoms with van der Waals surface area (Å²) in [5.41, 5.74) is 1.63. The van der Waals surface area contributed by atoms with Gasteiger partial charge in [-0.2, -0.15) is 0 Å². The molecule has 2 aliphatic rings. The lowest BCUT2D eigenvalue weighted by Crippen LogP contribution is -2.45. The van der Waals surface area contributed by atoms with E-state index in [1.54, 1.807) is 29.2 Å². The number of anilines is 1. The lowest BCUT2D eigenvalue weighted by Gasteiger charge is -2.30. The maximum Gasteiger partial charge on any atom is 0.252 e. The monoisotopic (exact) mass is 486 g/mol. The second kappa shape index (κ2) is 11.1. The Morgan fingerprint density at radius 1 is 1.06 bits per heavy atom. The molecular weight excluding hydrogens is 460 g/mol. The van der Waals surface area contributed by atoms with Crippen molar-refractivity contribution in [1.82, 2.24) is 14.7 Å². The molecule has 33 heavy (non-hydrogen) atoms. The fourth-order valence-electron chi connectivity index (χ4n) is 4.05. The summed E-state index contributed by atoms with van der Waals surface area (Å²) in [7, 11) is 0. The number of hydrogen-bond donors (Lipinski definition) is 1. The Morgan fingerprint density at radius 3 is 2.45 bits per heavy atom. The molecule has 0 saturated carbocycles. The third-order valence-electron chi connectivity index (χ3n) is 5.85. The third kappa shape index (κ3) is 6.09. The summed E-state index contributed by atoms with van der Waals surface area (Å²) in [6.45, 7) is 4.84. The number of amides is 2. The van der Waals surface area contributed by atoms with Gasteiger partial charge in [0.25, 0.3) is 5.91 Å². The molecule has 2 heterocycles. The van der Waals surface area contributed by atoms with Crippen molar-refractivity contribution in [2.24, 2.45) is 0 Å². The van der Waals surface area contributed by atoms with Gasteiger partial charge in [0.05, 0.1) is 26.2 Å². The zero-order valence-corrected chi connectivity index (χ0v) is 19.9. The van der Waals surface area contributed by atoms with E-state index in [1.165, 1.54) is 0 Å². The first kappa shape index (κ1) is 23.6. The zero-order valence-electron chi connectivity index (χ0n) is 18.3. The molecule has 0 radical (unpaired) electrons. The summed E-state index contributed by atoms with van der Waals surface area (Å²) in [5.74, 6) is -0.381. The number of rotatable bonds is 8. The van der Waals surface area contributed by atoms with Gasteiger partial charge in [-0.1, -0.05) is 41.9 Å². The standard InChI is InChI=1S/C24H27ClN4O3S/c25-19-6-8-20(9-7-19)26-22(30)16-21-23(31)29(17-18-4-2-1-3-5-18)24(33)28(21)11-10-27-12-14-32-15-13-27/h1-9,21H,10-17H2,(H,26,30)/t21-/m1/s1. The minimum Gasteiger partial charge on any atom is -0.379 e. The molecule has 2 fully saturated rings. The number of benzene rings is 2.